The van der Waals surface area contributed by atoms with Crippen LogP contribution < -0.4 is 16.1 Å². The van der Waals surface area contributed by atoms with Gasteiger partial charge in [0.15, 0.2) is 0 Å². The molecule has 1 atom stereocenters. The van der Waals surface area contributed by atoms with Gasteiger partial charge in [0.1, 0.15) is 5.75 Å². The van der Waals surface area contributed by atoms with Crippen LogP contribution in [0.2, 0.25) is 0 Å². The zero-order valence-electron chi connectivity index (χ0n) is 15.4. The number of nitrogens with one attached hydrogen (secondary N) is 1. The van der Waals surface area contributed by atoms with Crippen molar-refractivity contribution in [3.8, 4) is 5.75 Å². The summed E-state index contributed by atoms with van der Waals surface area (Å²) >= 11 is 11.7. The molecule has 150 valence electrons. The molecule has 0 unspecified atom stereocenters. The summed E-state index contributed by atoms with van der Waals surface area (Å²) in [6.45, 7) is 1.44. The number of carbonyl (C=O) groups excluding carboxylic acids is 1. The topological polar surface area (TPSA) is 90.9 Å². The minimum Gasteiger partial charge on any atom is -0.508 e. The minimum atomic E-state index is -0.733. The molecule has 0 heterocycles. The number of hydrogen-bond acceptors (Lipinski definition) is 5. The molecule has 0 aromatic heterocycles. The van der Waals surface area contributed by atoms with E-state index in [4.69, 9.17) is 28.9 Å². The number of hydrazone groups is 1. The highest BCUT2D eigenvalue weighted by molar-refractivity contribution is 6.18. The Balaban J connectivity index is 1.87. The molecule has 0 saturated heterocycles. The van der Waals surface area contributed by atoms with E-state index < -0.39 is 6.04 Å². The van der Waals surface area contributed by atoms with Gasteiger partial charge in [0.2, 0.25) is 0 Å². The minimum absolute atomic E-state index is 0.172. The summed E-state index contributed by atoms with van der Waals surface area (Å²) in [4.78, 5) is 14.2. The van der Waals surface area contributed by atoms with Gasteiger partial charge in [-0.15, -0.1) is 23.2 Å². The summed E-state index contributed by atoms with van der Waals surface area (Å²) in [7, 11) is 0. The zero-order chi connectivity index (χ0) is 20.4. The van der Waals surface area contributed by atoms with E-state index in [1.165, 1.54) is 0 Å². The third-order valence-electron chi connectivity index (χ3n) is 4.08. The fourth-order valence-electron chi connectivity index (χ4n) is 2.58. The van der Waals surface area contributed by atoms with Crippen molar-refractivity contribution in [3.05, 3.63) is 59.7 Å². The van der Waals surface area contributed by atoms with Gasteiger partial charge >= 0.3 is 0 Å². The molecule has 0 bridgehead atoms. The first-order chi connectivity index (χ1) is 13.5. The number of rotatable bonds is 10. The largest absolute Gasteiger partial charge is 0.508 e. The Bertz CT molecular complexity index is 761. The highest BCUT2D eigenvalue weighted by Crippen LogP contribution is 2.15. The van der Waals surface area contributed by atoms with E-state index in [1.54, 1.807) is 30.5 Å². The Morgan fingerprint density at radius 2 is 1.71 bits per heavy atom. The van der Waals surface area contributed by atoms with Crippen LogP contribution in [0.4, 0.5) is 5.69 Å². The molecule has 0 saturated carbocycles. The van der Waals surface area contributed by atoms with E-state index in [-0.39, 0.29) is 11.7 Å². The number of nitrogens with two attached hydrogens (primary N) is 1. The van der Waals surface area contributed by atoms with E-state index in [1.807, 2.05) is 24.3 Å². The van der Waals surface area contributed by atoms with Gasteiger partial charge < -0.3 is 15.7 Å². The fourth-order valence-corrected chi connectivity index (χ4v) is 2.99. The van der Waals surface area contributed by atoms with Gasteiger partial charge in [-0.1, -0.05) is 24.3 Å². The number of alkyl halides is 2. The van der Waals surface area contributed by atoms with Crippen molar-refractivity contribution in [3.63, 3.8) is 0 Å². The lowest BCUT2D eigenvalue weighted by Crippen LogP contribution is -2.39. The average Bonchev–Trinajstić information content (AvgIpc) is 2.70. The van der Waals surface area contributed by atoms with E-state index in [2.05, 4.69) is 15.4 Å². The molecule has 0 aliphatic rings. The molecule has 8 heteroatoms. The second kappa shape index (κ2) is 11.5. The van der Waals surface area contributed by atoms with Crippen LogP contribution >= 0.6 is 23.2 Å². The van der Waals surface area contributed by atoms with Crippen molar-refractivity contribution in [2.45, 2.75) is 12.5 Å². The van der Waals surface area contributed by atoms with E-state index in [9.17, 15) is 9.90 Å². The smallest absolute Gasteiger partial charge is 0.257 e. The summed E-state index contributed by atoms with van der Waals surface area (Å²) in [6, 6.07) is 13.6. The lowest BCUT2D eigenvalue weighted by molar-refractivity contribution is -0.122. The fraction of sp³-hybridized carbons (Fsp3) is 0.300. The van der Waals surface area contributed by atoms with E-state index >= 15 is 0 Å². The van der Waals surface area contributed by atoms with Gasteiger partial charge in [-0.05, 0) is 41.8 Å². The van der Waals surface area contributed by atoms with Gasteiger partial charge in [-0.25, -0.2) is 5.43 Å². The van der Waals surface area contributed by atoms with Crippen LogP contribution in [0.5, 0.6) is 5.75 Å². The Morgan fingerprint density at radius 1 is 1.11 bits per heavy atom. The Labute approximate surface area is 174 Å². The molecule has 0 fully saturated rings. The maximum Gasteiger partial charge on any atom is 0.257 e. The van der Waals surface area contributed by atoms with Gasteiger partial charge in [-0.2, -0.15) is 5.10 Å². The Morgan fingerprint density at radius 3 is 2.29 bits per heavy atom. The zero-order valence-corrected chi connectivity index (χ0v) is 16.9. The summed E-state index contributed by atoms with van der Waals surface area (Å²) in [5.74, 6) is 0.842. The number of phenols is 1. The number of halogens is 2. The van der Waals surface area contributed by atoms with Gasteiger partial charge in [0.25, 0.3) is 5.91 Å². The first kappa shape index (κ1) is 22.0. The number of carbonyl (C=O) groups is 1. The van der Waals surface area contributed by atoms with Gasteiger partial charge in [-0.3, -0.25) is 4.79 Å². The number of nitrogens with zero attached hydrogens (tertiary/aromatic N) is 2. The Hall–Kier alpha value is -2.28. The van der Waals surface area contributed by atoms with Crippen LogP contribution in [-0.4, -0.2) is 48.1 Å². The summed E-state index contributed by atoms with van der Waals surface area (Å²) in [5, 5.41) is 13.2. The van der Waals surface area contributed by atoms with E-state index in [0.29, 0.717) is 18.2 Å². The van der Waals surface area contributed by atoms with Crippen molar-refractivity contribution in [1.29, 1.82) is 0 Å². The summed E-state index contributed by atoms with van der Waals surface area (Å²) in [5.41, 5.74) is 11.1. The molecule has 0 aliphatic heterocycles. The van der Waals surface area contributed by atoms with Gasteiger partial charge in [0, 0.05) is 30.5 Å². The van der Waals surface area contributed by atoms with Crippen LogP contribution in [0, 0.1) is 0 Å². The number of benzene rings is 2. The maximum absolute atomic E-state index is 12.1. The molecule has 4 N–H and O–H groups in total. The summed E-state index contributed by atoms with van der Waals surface area (Å²) < 4.78 is 0. The lowest BCUT2D eigenvalue weighted by Gasteiger charge is -2.22. The van der Waals surface area contributed by atoms with Crippen LogP contribution in [0.3, 0.4) is 0 Å². The molecule has 0 radical (unpaired) electrons. The van der Waals surface area contributed by atoms with Crippen molar-refractivity contribution >= 4 is 41.0 Å². The normalized spacial score (nSPS) is 12.1. The predicted molar refractivity (Wildman–Crippen MR) is 116 cm³/mol. The number of hydrogen-bond donors (Lipinski definition) is 3. The highest BCUT2D eigenvalue weighted by atomic mass is 35.5. The summed E-state index contributed by atoms with van der Waals surface area (Å²) in [6.07, 6.45) is 1.91. The molecule has 0 spiro atoms. The van der Waals surface area contributed by atoms with Gasteiger partial charge in [0.05, 0.1) is 12.3 Å². The number of phenolic OH excluding ortho intramolecular Hbond substituents is 1. The lowest BCUT2D eigenvalue weighted by atomic mass is 10.1. The molecule has 2 rings (SSSR count). The molecule has 2 aromatic rings. The van der Waals surface area contributed by atoms with Crippen molar-refractivity contribution in [2.75, 3.05) is 29.7 Å². The van der Waals surface area contributed by atoms with Crippen LogP contribution in [0.25, 0.3) is 0 Å². The number of amides is 1. The van der Waals surface area contributed by atoms with Crippen LogP contribution in [0.15, 0.2) is 53.6 Å². The second-order valence-electron chi connectivity index (χ2n) is 6.17. The van der Waals surface area contributed by atoms with Crippen LogP contribution in [0.1, 0.15) is 11.1 Å². The molecule has 2 aromatic carbocycles. The average molecular weight is 423 g/mol. The quantitative estimate of drug-likeness (QED) is 0.311. The first-order valence-electron chi connectivity index (χ1n) is 8.87. The highest BCUT2D eigenvalue weighted by Gasteiger charge is 2.13. The first-order valence-corrected chi connectivity index (χ1v) is 9.93. The molecule has 1 amide bonds. The van der Waals surface area contributed by atoms with Crippen molar-refractivity contribution < 1.29 is 9.90 Å². The number of aromatic hydroxyl groups is 1. The standard InChI is InChI=1S/C20H24Cl2N4O2/c21-9-11-26(12-10-22)17-5-1-16(2-6-17)14-24-25-20(28)19(23)13-15-3-7-18(27)8-4-15/h1-8,14,19,27H,9-13,23H2,(H,25,28)/b24-14+/t19-/m1/s1. The van der Waals surface area contributed by atoms with E-state index in [0.717, 1.165) is 29.9 Å². The monoisotopic (exact) mass is 422 g/mol. The molecule has 6 nitrogen and oxygen atoms in total. The third kappa shape index (κ3) is 7.03. The SMILES string of the molecule is N[C@H](Cc1ccc(O)cc1)C(=O)N/N=C/c1ccc(N(CCCl)CCCl)cc1. The molecular weight excluding hydrogens is 399 g/mol. The van der Waals surface area contributed by atoms with Crippen LogP contribution in [-0.2, 0) is 11.2 Å². The maximum atomic E-state index is 12.1. The second-order valence-corrected chi connectivity index (χ2v) is 6.92. The predicted octanol–water partition coefficient (Wildman–Crippen LogP) is 2.70. The third-order valence-corrected chi connectivity index (χ3v) is 4.42. The Kier molecular flexibility index (Phi) is 9.07. The molecule has 0 aliphatic carbocycles. The number of anilines is 1. The molecule has 28 heavy (non-hydrogen) atoms. The van der Waals surface area contributed by atoms with Crippen molar-refractivity contribution in [2.24, 2.45) is 10.8 Å². The molecular formula is C20H24Cl2N4O2. The van der Waals surface area contributed by atoms with Crippen molar-refractivity contribution in [1.82, 2.24) is 5.43 Å².